The molecule has 26 heavy (non-hydrogen) atoms. The molecule has 0 aliphatic heterocycles. The van der Waals surface area contributed by atoms with Crippen LogP contribution >= 0.6 is 11.8 Å². The van der Waals surface area contributed by atoms with Crippen molar-refractivity contribution >= 4 is 17.7 Å². The molecule has 8 heteroatoms. The minimum absolute atomic E-state index is 0.0928. The Morgan fingerprint density at radius 2 is 2.12 bits per heavy atom. The normalized spacial score (nSPS) is 10.5. The van der Waals surface area contributed by atoms with E-state index in [0.29, 0.717) is 23.7 Å². The average Bonchev–Trinajstić information content (AvgIpc) is 3.19. The van der Waals surface area contributed by atoms with Gasteiger partial charge in [0.05, 0.1) is 25.7 Å². The summed E-state index contributed by atoms with van der Waals surface area (Å²) in [7, 11) is 1.58. The molecule has 1 aromatic carbocycles. The molecule has 0 atom stereocenters. The van der Waals surface area contributed by atoms with Gasteiger partial charge >= 0.3 is 0 Å². The van der Waals surface area contributed by atoms with Gasteiger partial charge in [-0.2, -0.15) is 0 Å². The number of amides is 1. The minimum Gasteiger partial charge on any atom is -0.497 e. The van der Waals surface area contributed by atoms with Crippen LogP contribution < -0.4 is 15.6 Å². The van der Waals surface area contributed by atoms with E-state index in [4.69, 9.17) is 9.15 Å². The number of nitrogens with zero attached hydrogens (tertiary/aromatic N) is 2. The van der Waals surface area contributed by atoms with Crippen molar-refractivity contribution in [3.05, 3.63) is 71.2 Å². The van der Waals surface area contributed by atoms with Gasteiger partial charge in [-0.05, 0) is 36.4 Å². The van der Waals surface area contributed by atoms with Crippen LogP contribution in [0.5, 0.6) is 5.75 Å². The molecule has 1 amide bonds. The maximum absolute atomic E-state index is 12.6. The molecule has 0 saturated heterocycles. The van der Waals surface area contributed by atoms with E-state index in [-0.39, 0.29) is 22.2 Å². The Bertz CT molecular complexity index is 920. The van der Waals surface area contributed by atoms with Gasteiger partial charge in [0.25, 0.3) is 5.56 Å². The van der Waals surface area contributed by atoms with Crippen LogP contribution in [0.2, 0.25) is 0 Å². The molecule has 0 bridgehead atoms. The predicted octanol–water partition coefficient (Wildman–Crippen LogP) is 2.24. The molecule has 0 unspecified atom stereocenters. The van der Waals surface area contributed by atoms with E-state index in [1.807, 2.05) is 0 Å². The number of carbonyl (C=O) groups is 1. The third kappa shape index (κ3) is 4.34. The molecule has 0 radical (unpaired) electrons. The number of rotatable bonds is 7. The number of hydrogen-bond donors (Lipinski definition) is 1. The summed E-state index contributed by atoms with van der Waals surface area (Å²) in [5.41, 5.74) is 0.420. The first-order chi connectivity index (χ1) is 12.7. The van der Waals surface area contributed by atoms with Crippen molar-refractivity contribution in [1.82, 2.24) is 14.9 Å². The smallest absolute Gasteiger partial charge is 0.287 e. The van der Waals surface area contributed by atoms with E-state index in [1.54, 1.807) is 56.0 Å². The van der Waals surface area contributed by atoms with Gasteiger partial charge in [-0.15, -0.1) is 0 Å². The van der Waals surface area contributed by atoms with Crippen molar-refractivity contribution in [3.63, 3.8) is 0 Å². The van der Waals surface area contributed by atoms with Crippen molar-refractivity contribution in [2.75, 3.05) is 12.9 Å². The lowest BCUT2D eigenvalue weighted by atomic mass is 10.3. The Kier molecular flexibility index (Phi) is 5.75. The second kappa shape index (κ2) is 8.39. The van der Waals surface area contributed by atoms with Gasteiger partial charge in [-0.1, -0.05) is 11.8 Å². The van der Waals surface area contributed by atoms with Gasteiger partial charge in [-0.25, -0.2) is 4.98 Å². The Morgan fingerprint density at radius 3 is 2.81 bits per heavy atom. The highest BCUT2D eigenvalue weighted by Crippen LogP contribution is 2.15. The van der Waals surface area contributed by atoms with Crippen LogP contribution in [-0.4, -0.2) is 28.3 Å². The zero-order valence-corrected chi connectivity index (χ0v) is 14.9. The molecule has 0 aliphatic rings. The topological polar surface area (TPSA) is 86.4 Å². The summed E-state index contributed by atoms with van der Waals surface area (Å²) in [5, 5.41) is 2.99. The largest absolute Gasteiger partial charge is 0.497 e. The van der Waals surface area contributed by atoms with Gasteiger partial charge in [0.2, 0.25) is 5.91 Å². The van der Waals surface area contributed by atoms with Crippen molar-refractivity contribution in [2.45, 2.75) is 11.6 Å². The Hall–Kier alpha value is -3.00. The molecule has 2 aromatic heterocycles. The molecule has 0 aliphatic carbocycles. The quantitative estimate of drug-likeness (QED) is 0.641. The van der Waals surface area contributed by atoms with Crippen molar-refractivity contribution in [1.29, 1.82) is 0 Å². The van der Waals surface area contributed by atoms with Crippen LogP contribution in [0.3, 0.4) is 0 Å². The van der Waals surface area contributed by atoms with Crippen LogP contribution in [0, 0.1) is 0 Å². The van der Waals surface area contributed by atoms with Crippen LogP contribution in [-0.2, 0) is 11.3 Å². The van der Waals surface area contributed by atoms with Crippen LogP contribution in [0.1, 0.15) is 5.76 Å². The summed E-state index contributed by atoms with van der Waals surface area (Å²) in [6, 6.07) is 10.6. The number of benzene rings is 1. The summed E-state index contributed by atoms with van der Waals surface area (Å²) >= 11 is 1.10. The van der Waals surface area contributed by atoms with E-state index in [2.05, 4.69) is 10.3 Å². The number of thioether (sulfide) groups is 1. The second-order valence-electron chi connectivity index (χ2n) is 5.25. The van der Waals surface area contributed by atoms with E-state index < -0.39 is 0 Å². The number of ether oxygens (including phenoxy) is 1. The zero-order chi connectivity index (χ0) is 18.4. The first-order valence-corrected chi connectivity index (χ1v) is 8.80. The van der Waals surface area contributed by atoms with Crippen LogP contribution in [0.4, 0.5) is 0 Å². The molecule has 0 spiro atoms. The molecular weight excluding hydrogens is 354 g/mol. The first-order valence-electron chi connectivity index (χ1n) is 7.81. The summed E-state index contributed by atoms with van der Waals surface area (Å²) in [5.74, 6) is 1.27. The van der Waals surface area contributed by atoms with Crippen molar-refractivity contribution in [3.8, 4) is 11.4 Å². The zero-order valence-electron chi connectivity index (χ0n) is 14.0. The number of carbonyl (C=O) groups excluding carboxylic acids is 1. The molecule has 3 aromatic rings. The lowest BCUT2D eigenvalue weighted by Crippen LogP contribution is -2.26. The average molecular weight is 371 g/mol. The molecular formula is C18H17N3O4S. The second-order valence-corrected chi connectivity index (χ2v) is 6.21. The maximum Gasteiger partial charge on any atom is 0.287 e. The molecule has 3 rings (SSSR count). The standard InChI is InChI=1S/C18H17N3O4S/c1-24-14-6-4-13(5-7-14)21-9-8-19-17(18(21)23)26-12-16(22)20-11-15-3-2-10-25-15/h2-10H,11-12H2,1H3,(H,20,22). The first kappa shape index (κ1) is 17.8. The third-order valence-electron chi connectivity index (χ3n) is 3.54. The number of methoxy groups -OCH3 is 1. The minimum atomic E-state index is -0.276. The van der Waals surface area contributed by atoms with Gasteiger partial charge in [-0.3, -0.25) is 14.2 Å². The highest BCUT2D eigenvalue weighted by molar-refractivity contribution is 7.99. The van der Waals surface area contributed by atoms with E-state index >= 15 is 0 Å². The Morgan fingerprint density at radius 1 is 1.31 bits per heavy atom. The molecule has 2 heterocycles. The molecule has 1 N–H and O–H groups in total. The molecule has 0 saturated carbocycles. The Balaban J connectivity index is 1.65. The van der Waals surface area contributed by atoms with Crippen molar-refractivity contribution in [2.24, 2.45) is 0 Å². The maximum atomic E-state index is 12.6. The number of nitrogens with one attached hydrogen (secondary N) is 1. The fraction of sp³-hybridized carbons (Fsp3) is 0.167. The highest BCUT2D eigenvalue weighted by atomic mass is 32.2. The summed E-state index contributed by atoms with van der Waals surface area (Å²) in [6.07, 6.45) is 4.67. The van der Waals surface area contributed by atoms with Crippen molar-refractivity contribution < 1.29 is 13.9 Å². The Labute approximate surface area is 154 Å². The van der Waals surface area contributed by atoms with Crippen LogP contribution in [0.15, 0.2) is 69.3 Å². The summed E-state index contributed by atoms with van der Waals surface area (Å²) in [6.45, 7) is 0.310. The monoisotopic (exact) mass is 371 g/mol. The van der Waals surface area contributed by atoms with E-state index in [1.165, 1.54) is 10.8 Å². The molecule has 134 valence electrons. The SMILES string of the molecule is COc1ccc(-n2ccnc(SCC(=O)NCc3ccco3)c2=O)cc1. The molecule has 0 fully saturated rings. The fourth-order valence-corrected chi connectivity index (χ4v) is 2.95. The summed E-state index contributed by atoms with van der Waals surface area (Å²) in [4.78, 5) is 28.6. The number of hydrogen-bond acceptors (Lipinski definition) is 6. The van der Waals surface area contributed by atoms with Gasteiger partial charge in [0.1, 0.15) is 11.5 Å². The van der Waals surface area contributed by atoms with E-state index in [0.717, 1.165) is 11.8 Å². The lowest BCUT2D eigenvalue weighted by Gasteiger charge is -2.08. The number of aromatic nitrogens is 2. The number of furan rings is 1. The summed E-state index contributed by atoms with van der Waals surface area (Å²) < 4.78 is 11.8. The third-order valence-corrected chi connectivity index (χ3v) is 4.50. The molecule has 7 nitrogen and oxygen atoms in total. The fourth-order valence-electron chi connectivity index (χ4n) is 2.22. The van der Waals surface area contributed by atoms with Crippen LogP contribution in [0.25, 0.3) is 5.69 Å². The van der Waals surface area contributed by atoms with Gasteiger partial charge < -0.3 is 14.5 Å². The predicted molar refractivity (Wildman–Crippen MR) is 97.7 cm³/mol. The lowest BCUT2D eigenvalue weighted by molar-refractivity contribution is -0.118. The van der Waals surface area contributed by atoms with Gasteiger partial charge in [0.15, 0.2) is 5.03 Å². The van der Waals surface area contributed by atoms with E-state index in [9.17, 15) is 9.59 Å². The van der Waals surface area contributed by atoms with Gasteiger partial charge in [0, 0.05) is 18.1 Å². The highest BCUT2D eigenvalue weighted by Gasteiger charge is 2.10.